The van der Waals surface area contributed by atoms with E-state index in [1.165, 1.54) is 4.90 Å². The van der Waals surface area contributed by atoms with Gasteiger partial charge in [0.1, 0.15) is 11.5 Å². The number of hydrogen-bond acceptors (Lipinski definition) is 6. The lowest BCUT2D eigenvalue weighted by Gasteiger charge is -2.14. The van der Waals surface area contributed by atoms with Gasteiger partial charge >= 0.3 is 0 Å². The molecule has 5 N–H and O–H groups in total. The fraction of sp³-hybridized carbons (Fsp3) is 0.400. The van der Waals surface area contributed by atoms with Crippen molar-refractivity contribution in [3.8, 4) is 0 Å². The average molecular weight is 238 g/mol. The molecule has 0 saturated carbocycles. The van der Waals surface area contributed by atoms with Gasteiger partial charge in [0.15, 0.2) is 0 Å². The molecule has 1 aromatic rings. The van der Waals surface area contributed by atoms with E-state index in [1.807, 2.05) is 0 Å². The summed E-state index contributed by atoms with van der Waals surface area (Å²) in [6.45, 7) is 0.226. The predicted octanol–water partition coefficient (Wildman–Crippen LogP) is -1.46. The molecule has 92 valence electrons. The first-order chi connectivity index (χ1) is 8.11. The number of aromatic nitrogens is 1. The third kappa shape index (κ3) is 2.36. The molecule has 2 heterocycles. The normalized spacial score (nSPS) is 23.8. The average Bonchev–Trinajstić information content (AvgIpc) is 2.69. The minimum Gasteiger partial charge on any atom is -0.388 e. The highest BCUT2D eigenvalue weighted by Gasteiger charge is 2.33. The van der Waals surface area contributed by atoms with Crippen LogP contribution in [0.2, 0.25) is 0 Å². The zero-order valence-electron chi connectivity index (χ0n) is 9.08. The van der Waals surface area contributed by atoms with Gasteiger partial charge in [0.25, 0.3) is 5.91 Å². The van der Waals surface area contributed by atoms with Crippen LogP contribution in [-0.4, -0.2) is 51.3 Å². The predicted molar refractivity (Wildman–Crippen MR) is 60.0 cm³/mol. The molecule has 7 heteroatoms. The number of nitrogens with zero attached hydrogens (tertiary/aromatic N) is 2. The SMILES string of the molecule is NNc1cccc(C(=O)N2CC(O)C(O)C2)n1. The molecule has 17 heavy (non-hydrogen) atoms. The number of amides is 1. The second kappa shape index (κ2) is 4.66. The number of likely N-dealkylation sites (tertiary alicyclic amines) is 1. The minimum atomic E-state index is -0.894. The van der Waals surface area contributed by atoms with Crippen LogP contribution in [0.3, 0.4) is 0 Å². The summed E-state index contributed by atoms with van der Waals surface area (Å²) in [5.74, 6) is 5.25. The monoisotopic (exact) mass is 238 g/mol. The number of pyridine rings is 1. The van der Waals surface area contributed by atoms with E-state index >= 15 is 0 Å². The lowest BCUT2D eigenvalue weighted by Crippen LogP contribution is -2.30. The maximum atomic E-state index is 12.0. The first-order valence-corrected chi connectivity index (χ1v) is 5.21. The molecule has 2 rings (SSSR count). The van der Waals surface area contributed by atoms with Crippen molar-refractivity contribution in [1.29, 1.82) is 0 Å². The summed E-state index contributed by atoms with van der Waals surface area (Å²) in [5, 5.41) is 18.7. The molecule has 2 atom stereocenters. The van der Waals surface area contributed by atoms with Gasteiger partial charge in [-0.3, -0.25) is 4.79 Å². The third-order valence-electron chi connectivity index (χ3n) is 2.66. The van der Waals surface area contributed by atoms with Crippen LogP contribution in [0.1, 0.15) is 10.5 Å². The first-order valence-electron chi connectivity index (χ1n) is 5.21. The molecular formula is C10H14N4O3. The topological polar surface area (TPSA) is 112 Å². The summed E-state index contributed by atoms with van der Waals surface area (Å²) >= 11 is 0. The number of anilines is 1. The largest absolute Gasteiger partial charge is 0.388 e. The van der Waals surface area contributed by atoms with Crippen molar-refractivity contribution in [1.82, 2.24) is 9.88 Å². The molecule has 1 aromatic heterocycles. The zero-order valence-corrected chi connectivity index (χ0v) is 9.08. The van der Waals surface area contributed by atoms with E-state index < -0.39 is 12.2 Å². The molecule has 7 nitrogen and oxygen atoms in total. The van der Waals surface area contributed by atoms with Crippen molar-refractivity contribution in [3.05, 3.63) is 23.9 Å². The van der Waals surface area contributed by atoms with Crippen LogP contribution in [0, 0.1) is 0 Å². The molecule has 0 radical (unpaired) electrons. The standard InChI is InChI=1S/C10H14N4O3/c11-13-9-3-1-2-6(12-9)10(17)14-4-7(15)8(16)5-14/h1-3,7-8,15-16H,4-5,11H2,(H,12,13). The lowest BCUT2D eigenvalue weighted by atomic mass is 10.3. The van der Waals surface area contributed by atoms with E-state index in [1.54, 1.807) is 18.2 Å². The maximum absolute atomic E-state index is 12.0. The molecule has 1 amide bonds. The van der Waals surface area contributed by atoms with Crippen molar-refractivity contribution in [2.75, 3.05) is 18.5 Å². The molecule has 2 unspecified atom stereocenters. The Morgan fingerprint density at radius 1 is 1.41 bits per heavy atom. The summed E-state index contributed by atoms with van der Waals surface area (Å²) in [5.41, 5.74) is 2.57. The molecular weight excluding hydrogens is 224 g/mol. The Labute approximate surface area is 97.8 Å². The van der Waals surface area contributed by atoms with Gasteiger partial charge in [0.2, 0.25) is 0 Å². The number of rotatable bonds is 2. The van der Waals surface area contributed by atoms with Gasteiger partial charge in [0.05, 0.1) is 12.2 Å². The highest BCUT2D eigenvalue weighted by Crippen LogP contribution is 2.14. The number of β-amino-alcohol motifs (C(OH)–C–C–N with tert-alkyl or cyclic N) is 2. The van der Waals surface area contributed by atoms with Crippen LogP contribution in [0.25, 0.3) is 0 Å². The second-order valence-electron chi connectivity index (χ2n) is 3.90. The van der Waals surface area contributed by atoms with Crippen LogP contribution in [0.5, 0.6) is 0 Å². The van der Waals surface area contributed by atoms with Gasteiger partial charge in [-0.1, -0.05) is 6.07 Å². The summed E-state index contributed by atoms with van der Waals surface area (Å²) in [6, 6.07) is 4.84. The number of carbonyl (C=O) groups excluding carboxylic acids is 1. The Morgan fingerprint density at radius 3 is 2.65 bits per heavy atom. The number of aliphatic hydroxyl groups excluding tert-OH is 2. The van der Waals surface area contributed by atoms with E-state index in [0.29, 0.717) is 5.82 Å². The summed E-state index contributed by atoms with van der Waals surface area (Å²) in [6.07, 6.45) is -1.79. The van der Waals surface area contributed by atoms with Crippen LogP contribution in [0.4, 0.5) is 5.82 Å². The molecule has 0 bridgehead atoms. The van der Waals surface area contributed by atoms with Crippen LogP contribution < -0.4 is 11.3 Å². The number of carbonyl (C=O) groups is 1. The van der Waals surface area contributed by atoms with Crippen molar-refractivity contribution >= 4 is 11.7 Å². The van der Waals surface area contributed by atoms with E-state index in [9.17, 15) is 15.0 Å². The van der Waals surface area contributed by atoms with E-state index in [2.05, 4.69) is 10.4 Å². The molecule has 1 aliphatic heterocycles. The van der Waals surface area contributed by atoms with Gasteiger partial charge < -0.3 is 20.5 Å². The Kier molecular flexibility index (Phi) is 3.23. The highest BCUT2D eigenvalue weighted by atomic mass is 16.3. The first kappa shape index (κ1) is 11.8. The van der Waals surface area contributed by atoms with Gasteiger partial charge in [-0.25, -0.2) is 10.8 Å². The number of nitrogens with one attached hydrogen (secondary N) is 1. The van der Waals surface area contributed by atoms with Crippen LogP contribution in [0.15, 0.2) is 18.2 Å². The minimum absolute atomic E-state index is 0.113. The van der Waals surface area contributed by atoms with Gasteiger partial charge in [0, 0.05) is 13.1 Å². The van der Waals surface area contributed by atoms with Gasteiger partial charge in [-0.05, 0) is 12.1 Å². The Hall–Kier alpha value is -1.70. The van der Waals surface area contributed by atoms with Crippen LogP contribution in [-0.2, 0) is 0 Å². The van der Waals surface area contributed by atoms with Crippen molar-refractivity contribution < 1.29 is 15.0 Å². The summed E-state index contributed by atoms with van der Waals surface area (Å²) in [4.78, 5) is 17.3. The fourth-order valence-corrected chi connectivity index (χ4v) is 1.73. The van der Waals surface area contributed by atoms with Crippen molar-refractivity contribution in [2.45, 2.75) is 12.2 Å². The van der Waals surface area contributed by atoms with E-state index in [0.717, 1.165) is 0 Å². The fourth-order valence-electron chi connectivity index (χ4n) is 1.73. The van der Waals surface area contributed by atoms with Gasteiger partial charge in [-0.2, -0.15) is 0 Å². The number of hydrogen-bond donors (Lipinski definition) is 4. The molecule has 0 spiro atoms. The molecule has 0 aromatic carbocycles. The molecule has 1 fully saturated rings. The number of nitrogens with two attached hydrogens (primary N) is 1. The maximum Gasteiger partial charge on any atom is 0.272 e. The smallest absolute Gasteiger partial charge is 0.272 e. The third-order valence-corrected chi connectivity index (χ3v) is 2.66. The van der Waals surface area contributed by atoms with Gasteiger partial charge in [-0.15, -0.1) is 0 Å². The summed E-state index contributed by atoms with van der Waals surface area (Å²) in [7, 11) is 0. The highest BCUT2D eigenvalue weighted by molar-refractivity contribution is 5.93. The zero-order chi connectivity index (χ0) is 12.4. The lowest BCUT2D eigenvalue weighted by molar-refractivity contribution is 0.0572. The molecule has 1 aliphatic rings. The Balaban J connectivity index is 2.14. The molecule has 1 saturated heterocycles. The Morgan fingerprint density at radius 2 is 2.06 bits per heavy atom. The number of hydrazine groups is 1. The van der Waals surface area contributed by atoms with Crippen LogP contribution >= 0.6 is 0 Å². The number of nitrogen functional groups attached to an aromatic ring is 1. The Bertz CT molecular complexity index is 416. The molecule has 0 aliphatic carbocycles. The van der Waals surface area contributed by atoms with E-state index in [-0.39, 0.29) is 24.7 Å². The quantitative estimate of drug-likeness (QED) is 0.370. The van der Waals surface area contributed by atoms with E-state index in [4.69, 9.17) is 5.84 Å². The second-order valence-corrected chi connectivity index (χ2v) is 3.90. The van der Waals surface area contributed by atoms with Crippen molar-refractivity contribution in [2.24, 2.45) is 5.84 Å². The number of aliphatic hydroxyl groups is 2. The van der Waals surface area contributed by atoms with Crippen molar-refractivity contribution in [3.63, 3.8) is 0 Å². The summed E-state index contributed by atoms with van der Waals surface area (Å²) < 4.78 is 0.